The Morgan fingerprint density at radius 3 is 2.47 bits per heavy atom. The van der Waals surface area contributed by atoms with E-state index in [0.717, 1.165) is 25.7 Å². The van der Waals surface area contributed by atoms with Crippen molar-refractivity contribution in [3.63, 3.8) is 0 Å². The van der Waals surface area contributed by atoms with Crippen LogP contribution in [-0.4, -0.2) is 25.0 Å². The highest BCUT2D eigenvalue weighted by atomic mass is 16.5. The van der Waals surface area contributed by atoms with Gasteiger partial charge in [0.05, 0.1) is 12.5 Å². The van der Waals surface area contributed by atoms with Crippen LogP contribution in [0.25, 0.3) is 0 Å². The average molecular weight is 241 g/mol. The summed E-state index contributed by atoms with van der Waals surface area (Å²) >= 11 is 0. The van der Waals surface area contributed by atoms with Crippen LogP contribution in [0.3, 0.4) is 0 Å². The highest BCUT2D eigenvalue weighted by Gasteiger charge is 2.06. The molecule has 0 unspecified atom stereocenters. The van der Waals surface area contributed by atoms with Crippen molar-refractivity contribution in [2.75, 3.05) is 13.2 Å². The van der Waals surface area contributed by atoms with Gasteiger partial charge in [-0.1, -0.05) is 26.8 Å². The second-order valence-electron chi connectivity index (χ2n) is 4.23. The Morgan fingerprint density at radius 2 is 1.88 bits per heavy atom. The number of esters is 1. The van der Waals surface area contributed by atoms with Gasteiger partial charge >= 0.3 is 5.97 Å². The van der Waals surface area contributed by atoms with E-state index in [-0.39, 0.29) is 17.8 Å². The second-order valence-corrected chi connectivity index (χ2v) is 4.23. The standard InChI is InChI=1S/C13H23NO3/c1-4-12(15)14-9-7-5-6-8-10-17-13(16)11(2)3/h4,11H,1,5-10H2,2-3H3,(H,14,15). The predicted molar refractivity (Wildman–Crippen MR) is 67.5 cm³/mol. The van der Waals surface area contributed by atoms with Crippen LogP contribution in [0.15, 0.2) is 12.7 Å². The Bertz CT molecular complexity index is 249. The fourth-order valence-electron chi connectivity index (χ4n) is 1.20. The Balaban J connectivity index is 3.22. The van der Waals surface area contributed by atoms with Gasteiger partial charge in [-0.15, -0.1) is 0 Å². The Hall–Kier alpha value is -1.32. The van der Waals surface area contributed by atoms with Gasteiger partial charge in [0.25, 0.3) is 0 Å². The summed E-state index contributed by atoms with van der Waals surface area (Å²) in [5.74, 6) is -0.316. The second kappa shape index (κ2) is 9.87. The Labute approximate surface area is 103 Å². The lowest BCUT2D eigenvalue weighted by atomic mass is 10.2. The zero-order chi connectivity index (χ0) is 13.1. The summed E-state index contributed by atoms with van der Waals surface area (Å²) in [6.07, 6.45) is 5.13. The maximum absolute atomic E-state index is 11.1. The van der Waals surface area contributed by atoms with Gasteiger partial charge in [-0.05, 0) is 25.3 Å². The zero-order valence-electron chi connectivity index (χ0n) is 10.8. The third kappa shape index (κ3) is 9.60. The summed E-state index contributed by atoms with van der Waals surface area (Å²) in [4.78, 5) is 21.9. The summed E-state index contributed by atoms with van der Waals surface area (Å²) in [7, 11) is 0. The van der Waals surface area contributed by atoms with E-state index in [0.29, 0.717) is 13.2 Å². The average Bonchev–Trinajstić information content (AvgIpc) is 2.31. The molecule has 0 spiro atoms. The lowest BCUT2D eigenvalue weighted by molar-refractivity contribution is -0.147. The van der Waals surface area contributed by atoms with E-state index in [1.807, 2.05) is 13.8 Å². The summed E-state index contributed by atoms with van der Waals surface area (Å²) in [5.41, 5.74) is 0. The summed E-state index contributed by atoms with van der Waals surface area (Å²) in [6, 6.07) is 0. The number of amides is 1. The first-order chi connectivity index (χ1) is 8.07. The molecule has 1 amide bonds. The number of carbonyl (C=O) groups is 2. The molecule has 0 aliphatic heterocycles. The van der Waals surface area contributed by atoms with Crippen molar-refractivity contribution in [2.24, 2.45) is 5.92 Å². The minimum atomic E-state index is -0.136. The van der Waals surface area contributed by atoms with E-state index in [2.05, 4.69) is 11.9 Å². The van der Waals surface area contributed by atoms with Crippen LogP contribution in [0.4, 0.5) is 0 Å². The number of ether oxygens (including phenoxy) is 1. The van der Waals surface area contributed by atoms with Gasteiger partial charge in [0.2, 0.25) is 5.91 Å². The van der Waals surface area contributed by atoms with E-state index >= 15 is 0 Å². The summed E-state index contributed by atoms with van der Waals surface area (Å²) < 4.78 is 5.04. The first kappa shape index (κ1) is 15.7. The van der Waals surface area contributed by atoms with Gasteiger partial charge in [0, 0.05) is 6.54 Å². The molecule has 0 radical (unpaired) electrons. The van der Waals surface area contributed by atoms with Gasteiger partial charge in [-0.25, -0.2) is 0 Å². The summed E-state index contributed by atoms with van der Waals surface area (Å²) in [6.45, 7) is 8.19. The molecule has 0 aromatic carbocycles. The quantitative estimate of drug-likeness (QED) is 0.382. The van der Waals surface area contributed by atoms with Crippen LogP contribution < -0.4 is 5.32 Å². The van der Waals surface area contributed by atoms with E-state index in [9.17, 15) is 9.59 Å². The topological polar surface area (TPSA) is 55.4 Å². The fourth-order valence-corrected chi connectivity index (χ4v) is 1.20. The van der Waals surface area contributed by atoms with Crippen LogP contribution >= 0.6 is 0 Å². The molecule has 17 heavy (non-hydrogen) atoms. The van der Waals surface area contributed by atoms with Crippen molar-refractivity contribution in [3.05, 3.63) is 12.7 Å². The third-order valence-electron chi connectivity index (χ3n) is 2.27. The van der Waals surface area contributed by atoms with E-state index < -0.39 is 0 Å². The molecule has 0 aromatic rings. The van der Waals surface area contributed by atoms with Gasteiger partial charge in [0.15, 0.2) is 0 Å². The number of hydrogen-bond donors (Lipinski definition) is 1. The van der Waals surface area contributed by atoms with Crippen molar-refractivity contribution in [3.8, 4) is 0 Å². The van der Waals surface area contributed by atoms with Crippen molar-refractivity contribution < 1.29 is 14.3 Å². The molecule has 0 aliphatic rings. The van der Waals surface area contributed by atoms with Crippen LogP contribution in [0, 0.1) is 5.92 Å². The maximum atomic E-state index is 11.1. The molecule has 1 N–H and O–H groups in total. The van der Waals surface area contributed by atoms with Gasteiger partial charge in [-0.3, -0.25) is 9.59 Å². The Morgan fingerprint density at radius 1 is 1.24 bits per heavy atom. The van der Waals surface area contributed by atoms with Gasteiger partial charge < -0.3 is 10.1 Å². The van der Waals surface area contributed by atoms with Gasteiger partial charge in [-0.2, -0.15) is 0 Å². The predicted octanol–water partition coefficient (Wildman–Crippen LogP) is 2.05. The first-order valence-corrected chi connectivity index (χ1v) is 6.14. The number of hydrogen-bond acceptors (Lipinski definition) is 3. The molecule has 4 heteroatoms. The summed E-state index contributed by atoms with van der Waals surface area (Å²) in [5, 5.41) is 2.71. The minimum Gasteiger partial charge on any atom is -0.465 e. The molecular weight excluding hydrogens is 218 g/mol. The van der Waals surface area contributed by atoms with Crippen LogP contribution in [0.1, 0.15) is 39.5 Å². The molecule has 0 fully saturated rings. The van der Waals surface area contributed by atoms with Crippen molar-refractivity contribution in [1.82, 2.24) is 5.32 Å². The number of unbranched alkanes of at least 4 members (excludes halogenated alkanes) is 3. The molecule has 0 aliphatic carbocycles. The van der Waals surface area contributed by atoms with Crippen LogP contribution in [0.2, 0.25) is 0 Å². The molecule has 0 aromatic heterocycles. The first-order valence-electron chi connectivity index (χ1n) is 6.14. The molecular formula is C13H23NO3. The minimum absolute atomic E-state index is 0.0517. The maximum Gasteiger partial charge on any atom is 0.308 e. The highest BCUT2D eigenvalue weighted by molar-refractivity contribution is 5.86. The third-order valence-corrected chi connectivity index (χ3v) is 2.27. The largest absolute Gasteiger partial charge is 0.465 e. The SMILES string of the molecule is C=CC(=O)NCCCCCCOC(=O)C(C)C. The smallest absolute Gasteiger partial charge is 0.308 e. The van der Waals surface area contributed by atoms with Crippen molar-refractivity contribution >= 4 is 11.9 Å². The fraction of sp³-hybridized carbons (Fsp3) is 0.692. The van der Waals surface area contributed by atoms with Crippen molar-refractivity contribution in [1.29, 1.82) is 0 Å². The molecule has 0 atom stereocenters. The van der Waals surface area contributed by atoms with E-state index in [1.165, 1.54) is 6.08 Å². The molecule has 0 rings (SSSR count). The van der Waals surface area contributed by atoms with Crippen molar-refractivity contribution in [2.45, 2.75) is 39.5 Å². The normalized spacial score (nSPS) is 10.1. The van der Waals surface area contributed by atoms with E-state index in [4.69, 9.17) is 4.74 Å². The molecule has 0 saturated heterocycles. The lowest BCUT2D eigenvalue weighted by Gasteiger charge is -2.06. The Kier molecular flexibility index (Phi) is 9.11. The molecule has 0 heterocycles. The number of carbonyl (C=O) groups excluding carboxylic acids is 2. The van der Waals surface area contributed by atoms with Gasteiger partial charge in [0.1, 0.15) is 0 Å². The monoisotopic (exact) mass is 241 g/mol. The van der Waals surface area contributed by atoms with Crippen LogP contribution in [0.5, 0.6) is 0 Å². The van der Waals surface area contributed by atoms with Crippen LogP contribution in [-0.2, 0) is 14.3 Å². The molecule has 4 nitrogen and oxygen atoms in total. The molecule has 0 saturated carbocycles. The molecule has 98 valence electrons. The lowest BCUT2D eigenvalue weighted by Crippen LogP contribution is -2.21. The number of rotatable bonds is 9. The molecule has 0 bridgehead atoms. The zero-order valence-corrected chi connectivity index (χ0v) is 10.8. The highest BCUT2D eigenvalue weighted by Crippen LogP contribution is 2.02. The van der Waals surface area contributed by atoms with E-state index in [1.54, 1.807) is 0 Å². The number of nitrogens with one attached hydrogen (secondary N) is 1.